The van der Waals surface area contributed by atoms with E-state index in [1.54, 1.807) is 7.11 Å². The van der Waals surface area contributed by atoms with Crippen LogP contribution >= 0.6 is 0 Å². The van der Waals surface area contributed by atoms with Crippen molar-refractivity contribution in [2.75, 3.05) is 7.11 Å². The maximum atomic E-state index is 10.8. The fourth-order valence-corrected chi connectivity index (χ4v) is 1.66. The molecular weight excluding hydrogens is 178 g/mol. The van der Waals surface area contributed by atoms with Crippen molar-refractivity contribution in [2.24, 2.45) is 0 Å². The number of para-hydroxylation sites is 1. The highest BCUT2D eigenvalue weighted by atomic mass is 16.5. The Morgan fingerprint density at radius 1 is 1.43 bits per heavy atom. The van der Waals surface area contributed by atoms with Gasteiger partial charge in [0.15, 0.2) is 12.0 Å². The monoisotopic (exact) mass is 189 g/mol. The average Bonchev–Trinajstić information content (AvgIpc) is 2.57. The zero-order chi connectivity index (χ0) is 10.1. The lowest BCUT2D eigenvalue weighted by Gasteiger charge is -1.97. The summed E-state index contributed by atoms with van der Waals surface area (Å²) in [5.74, 6) is 0.624. The van der Waals surface area contributed by atoms with Crippen LogP contribution in [0.3, 0.4) is 0 Å². The van der Waals surface area contributed by atoms with Gasteiger partial charge in [0.25, 0.3) is 0 Å². The van der Waals surface area contributed by atoms with Gasteiger partial charge in [-0.05, 0) is 18.6 Å². The smallest absolute Gasteiger partial charge is 0.170 e. The lowest BCUT2D eigenvalue weighted by Crippen LogP contribution is -1.86. The van der Waals surface area contributed by atoms with Crippen molar-refractivity contribution in [3.05, 3.63) is 29.5 Å². The number of nitrogens with one attached hydrogen (secondary N) is 1. The summed E-state index contributed by atoms with van der Waals surface area (Å²) in [5.41, 5.74) is 2.57. The minimum Gasteiger partial charge on any atom is -0.494 e. The average molecular weight is 189 g/mol. The number of hydrogen-bond acceptors (Lipinski definition) is 2. The van der Waals surface area contributed by atoms with E-state index in [1.165, 1.54) is 0 Å². The molecule has 0 radical (unpaired) electrons. The summed E-state index contributed by atoms with van der Waals surface area (Å²) in [6, 6.07) is 5.88. The van der Waals surface area contributed by atoms with Gasteiger partial charge in [-0.3, -0.25) is 4.79 Å². The molecule has 72 valence electrons. The van der Waals surface area contributed by atoms with E-state index in [4.69, 9.17) is 4.74 Å². The van der Waals surface area contributed by atoms with Gasteiger partial charge in [0.2, 0.25) is 0 Å². The topological polar surface area (TPSA) is 42.1 Å². The van der Waals surface area contributed by atoms with Crippen LogP contribution in [0, 0.1) is 6.92 Å². The number of aldehydes is 1. The zero-order valence-electron chi connectivity index (χ0n) is 8.13. The van der Waals surface area contributed by atoms with E-state index in [9.17, 15) is 4.79 Å². The SMILES string of the molecule is COc1c(C=O)[nH]c2c(C)cccc12. The quantitative estimate of drug-likeness (QED) is 0.736. The van der Waals surface area contributed by atoms with E-state index >= 15 is 0 Å². The number of aromatic nitrogens is 1. The standard InChI is InChI=1S/C11H11NO2/c1-7-4-3-5-8-10(7)12-9(6-13)11(8)14-2/h3-6,12H,1-2H3. The highest BCUT2D eigenvalue weighted by Gasteiger charge is 2.11. The molecule has 0 saturated heterocycles. The molecule has 0 unspecified atom stereocenters. The minimum atomic E-state index is 0.497. The molecule has 1 N–H and O–H groups in total. The van der Waals surface area contributed by atoms with Crippen molar-refractivity contribution in [1.82, 2.24) is 4.98 Å². The normalized spacial score (nSPS) is 10.4. The van der Waals surface area contributed by atoms with E-state index < -0.39 is 0 Å². The summed E-state index contributed by atoms with van der Waals surface area (Å²) >= 11 is 0. The maximum Gasteiger partial charge on any atom is 0.170 e. The summed E-state index contributed by atoms with van der Waals surface area (Å²) in [7, 11) is 1.57. The van der Waals surface area contributed by atoms with Gasteiger partial charge in [-0.1, -0.05) is 12.1 Å². The third kappa shape index (κ3) is 1.09. The molecule has 3 nitrogen and oxygen atoms in total. The van der Waals surface area contributed by atoms with Crippen LogP contribution in [0.15, 0.2) is 18.2 Å². The van der Waals surface area contributed by atoms with Crippen molar-refractivity contribution in [3.63, 3.8) is 0 Å². The highest BCUT2D eigenvalue weighted by molar-refractivity contribution is 5.96. The van der Waals surface area contributed by atoms with Gasteiger partial charge >= 0.3 is 0 Å². The Morgan fingerprint density at radius 3 is 2.86 bits per heavy atom. The first-order valence-corrected chi connectivity index (χ1v) is 4.38. The molecule has 2 rings (SSSR count). The third-order valence-corrected chi connectivity index (χ3v) is 2.34. The first-order chi connectivity index (χ1) is 6.77. The second-order valence-corrected chi connectivity index (χ2v) is 3.19. The first-order valence-electron chi connectivity index (χ1n) is 4.38. The van der Waals surface area contributed by atoms with E-state index in [1.807, 2.05) is 25.1 Å². The summed E-state index contributed by atoms with van der Waals surface area (Å²) in [4.78, 5) is 13.8. The van der Waals surface area contributed by atoms with E-state index in [0.717, 1.165) is 22.8 Å². The first kappa shape index (κ1) is 8.81. The fourth-order valence-electron chi connectivity index (χ4n) is 1.66. The molecule has 0 aliphatic rings. The van der Waals surface area contributed by atoms with E-state index in [2.05, 4.69) is 4.98 Å². The van der Waals surface area contributed by atoms with Crippen LogP contribution in [0.4, 0.5) is 0 Å². The van der Waals surface area contributed by atoms with Crippen LogP contribution in [0.25, 0.3) is 10.9 Å². The van der Waals surface area contributed by atoms with Crippen LogP contribution in [-0.2, 0) is 0 Å². The third-order valence-electron chi connectivity index (χ3n) is 2.34. The molecule has 0 fully saturated rings. The number of rotatable bonds is 2. The van der Waals surface area contributed by atoms with Gasteiger partial charge in [0.1, 0.15) is 5.69 Å². The van der Waals surface area contributed by atoms with Gasteiger partial charge in [-0.25, -0.2) is 0 Å². The van der Waals surface area contributed by atoms with Crippen molar-refractivity contribution in [3.8, 4) is 5.75 Å². The number of hydrogen-bond donors (Lipinski definition) is 1. The molecule has 2 aromatic rings. The predicted molar refractivity (Wildman–Crippen MR) is 55.0 cm³/mol. The van der Waals surface area contributed by atoms with Crippen molar-refractivity contribution in [1.29, 1.82) is 0 Å². The summed E-state index contributed by atoms with van der Waals surface area (Å²) < 4.78 is 5.18. The predicted octanol–water partition coefficient (Wildman–Crippen LogP) is 2.30. The fraction of sp³-hybridized carbons (Fsp3) is 0.182. The number of fused-ring (bicyclic) bond motifs is 1. The summed E-state index contributed by atoms with van der Waals surface area (Å²) in [6.07, 6.45) is 0.776. The van der Waals surface area contributed by atoms with Gasteiger partial charge in [0.05, 0.1) is 12.6 Å². The Bertz CT molecular complexity index is 485. The van der Waals surface area contributed by atoms with Crippen molar-refractivity contribution < 1.29 is 9.53 Å². The van der Waals surface area contributed by atoms with Gasteiger partial charge < -0.3 is 9.72 Å². The highest BCUT2D eigenvalue weighted by Crippen LogP contribution is 2.30. The van der Waals surface area contributed by atoms with Crippen LogP contribution in [0.2, 0.25) is 0 Å². The lowest BCUT2D eigenvalue weighted by molar-refractivity contribution is 0.111. The number of aromatic amines is 1. The number of carbonyl (C=O) groups excluding carboxylic acids is 1. The Kier molecular flexibility index (Phi) is 2.00. The molecule has 0 atom stereocenters. The van der Waals surface area contributed by atoms with Crippen molar-refractivity contribution >= 4 is 17.2 Å². The van der Waals surface area contributed by atoms with E-state index in [0.29, 0.717) is 11.4 Å². The Morgan fingerprint density at radius 2 is 2.21 bits per heavy atom. The number of aryl methyl sites for hydroxylation is 1. The number of benzene rings is 1. The lowest BCUT2D eigenvalue weighted by atomic mass is 10.1. The molecule has 0 bridgehead atoms. The van der Waals surface area contributed by atoms with Crippen molar-refractivity contribution in [2.45, 2.75) is 6.92 Å². The van der Waals surface area contributed by atoms with Crippen LogP contribution < -0.4 is 4.74 Å². The van der Waals surface area contributed by atoms with Crippen LogP contribution in [0.1, 0.15) is 16.1 Å². The van der Waals surface area contributed by atoms with Gasteiger partial charge in [-0.15, -0.1) is 0 Å². The number of methoxy groups -OCH3 is 1. The van der Waals surface area contributed by atoms with Crippen LogP contribution in [0.5, 0.6) is 5.75 Å². The molecule has 0 saturated carbocycles. The van der Waals surface area contributed by atoms with E-state index in [-0.39, 0.29) is 0 Å². The molecule has 0 aliphatic carbocycles. The second-order valence-electron chi connectivity index (χ2n) is 3.19. The molecule has 1 heterocycles. The number of carbonyl (C=O) groups is 1. The largest absolute Gasteiger partial charge is 0.494 e. The zero-order valence-corrected chi connectivity index (χ0v) is 8.13. The molecule has 0 aliphatic heterocycles. The molecule has 1 aromatic heterocycles. The molecule has 0 amide bonds. The van der Waals surface area contributed by atoms with Gasteiger partial charge in [-0.2, -0.15) is 0 Å². The Labute approximate surface area is 81.7 Å². The number of H-pyrrole nitrogens is 1. The summed E-state index contributed by atoms with van der Waals surface area (Å²) in [6.45, 7) is 1.99. The molecule has 3 heteroatoms. The van der Waals surface area contributed by atoms with Gasteiger partial charge in [0, 0.05) is 5.39 Å². The second kappa shape index (κ2) is 3.18. The number of ether oxygens (including phenoxy) is 1. The molecule has 14 heavy (non-hydrogen) atoms. The molecular formula is C11H11NO2. The molecule has 1 aromatic carbocycles. The van der Waals surface area contributed by atoms with Crippen LogP contribution in [-0.4, -0.2) is 18.4 Å². The Hall–Kier alpha value is -1.77. The minimum absolute atomic E-state index is 0.497. The molecule has 0 spiro atoms. The maximum absolute atomic E-state index is 10.8. The Balaban J connectivity index is 2.86. The summed E-state index contributed by atoms with van der Waals surface area (Å²) in [5, 5.41) is 0.953.